The molecule has 0 unspecified atom stereocenters. The first-order valence-electron chi connectivity index (χ1n) is 7.97. The Balaban J connectivity index is 1.58. The van der Waals surface area contributed by atoms with Gasteiger partial charge in [-0.3, -0.25) is 14.5 Å². The number of benzene rings is 1. The summed E-state index contributed by atoms with van der Waals surface area (Å²) in [6, 6.07) is 7.29. The van der Waals surface area contributed by atoms with Gasteiger partial charge in [0.25, 0.3) is 0 Å². The van der Waals surface area contributed by atoms with Crippen molar-refractivity contribution in [2.75, 3.05) is 45.1 Å². The highest BCUT2D eigenvalue weighted by Crippen LogP contribution is 2.30. The minimum atomic E-state index is 0.0728. The van der Waals surface area contributed by atoms with Crippen LogP contribution in [0.15, 0.2) is 24.3 Å². The summed E-state index contributed by atoms with van der Waals surface area (Å²) in [6.07, 6.45) is 1.96. The van der Waals surface area contributed by atoms with Crippen LogP contribution in [0.3, 0.4) is 0 Å². The zero-order chi connectivity index (χ0) is 15.5. The fraction of sp³-hybridized carbons (Fsp3) is 0.529. The van der Waals surface area contributed by atoms with Crippen molar-refractivity contribution >= 4 is 17.4 Å². The van der Waals surface area contributed by atoms with E-state index in [-0.39, 0.29) is 17.6 Å². The van der Waals surface area contributed by atoms with Crippen LogP contribution in [0.2, 0.25) is 0 Å². The number of piperazine rings is 1. The predicted octanol–water partition coefficient (Wildman–Crippen LogP) is 1.47. The fourth-order valence-corrected chi connectivity index (χ4v) is 2.66. The molecule has 2 aliphatic rings. The van der Waals surface area contributed by atoms with E-state index < -0.39 is 0 Å². The third-order valence-electron chi connectivity index (χ3n) is 4.36. The lowest BCUT2D eigenvalue weighted by Crippen LogP contribution is -2.46. The van der Waals surface area contributed by atoms with Gasteiger partial charge in [0.2, 0.25) is 5.91 Å². The van der Waals surface area contributed by atoms with Gasteiger partial charge in [-0.2, -0.15) is 0 Å². The second kappa shape index (κ2) is 6.58. The molecule has 0 spiro atoms. The minimum Gasteiger partial charge on any atom is -0.326 e. The molecule has 5 nitrogen and oxygen atoms in total. The first-order valence-corrected chi connectivity index (χ1v) is 7.97. The van der Waals surface area contributed by atoms with Crippen LogP contribution in [0, 0.1) is 5.92 Å². The summed E-state index contributed by atoms with van der Waals surface area (Å²) in [5, 5.41) is 2.90. The molecule has 1 aliphatic carbocycles. The normalized spacial score (nSPS) is 19.9. The molecular weight excluding hydrogens is 278 g/mol. The highest BCUT2D eigenvalue weighted by atomic mass is 16.2. The number of carbonyl (C=O) groups is 2. The van der Waals surface area contributed by atoms with E-state index in [0.29, 0.717) is 12.1 Å². The van der Waals surface area contributed by atoms with E-state index in [0.717, 1.165) is 44.7 Å². The summed E-state index contributed by atoms with van der Waals surface area (Å²) in [7, 11) is 2.10. The highest BCUT2D eigenvalue weighted by Gasteiger charge is 2.29. The molecule has 0 atom stereocenters. The van der Waals surface area contributed by atoms with Crippen LogP contribution in [0.1, 0.15) is 23.2 Å². The van der Waals surface area contributed by atoms with Crippen LogP contribution in [-0.4, -0.2) is 61.3 Å². The second-order valence-corrected chi connectivity index (χ2v) is 6.35. The fourth-order valence-electron chi connectivity index (χ4n) is 2.66. The molecule has 1 saturated carbocycles. The average molecular weight is 301 g/mol. The van der Waals surface area contributed by atoms with Gasteiger partial charge in [-0.25, -0.2) is 0 Å². The Kier molecular flexibility index (Phi) is 4.55. The Morgan fingerprint density at radius 1 is 1.18 bits per heavy atom. The summed E-state index contributed by atoms with van der Waals surface area (Å²) >= 11 is 0. The van der Waals surface area contributed by atoms with Crippen molar-refractivity contribution < 1.29 is 9.59 Å². The molecule has 1 heterocycles. The standard InChI is InChI=1S/C17H23N3O2/c1-19-7-9-20(10-8-19)12-16(21)14-3-2-4-15(11-14)18-17(22)13-5-6-13/h2-4,11,13H,5-10,12H2,1H3,(H,18,22). The first-order chi connectivity index (χ1) is 10.6. The van der Waals surface area contributed by atoms with Gasteiger partial charge < -0.3 is 10.2 Å². The third kappa shape index (κ3) is 3.93. The highest BCUT2D eigenvalue weighted by molar-refractivity contribution is 6.00. The summed E-state index contributed by atoms with van der Waals surface area (Å²) < 4.78 is 0. The van der Waals surface area contributed by atoms with E-state index in [1.807, 2.05) is 18.2 Å². The van der Waals surface area contributed by atoms with Gasteiger partial charge in [0.05, 0.1) is 6.54 Å². The van der Waals surface area contributed by atoms with Crippen molar-refractivity contribution in [2.24, 2.45) is 5.92 Å². The molecule has 1 aromatic carbocycles. The van der Waals surface area contributed by atoms with Crippen molar-refractivity contribution in [3.63, 3.8) is 0 Å². The molecule has 1 saturated heterocycles. The number of rotatable bonds is 5. The minimum absolute atomic E-state index is 0.0728. The molecule has 1 N–H and O–H groups in total. The van der Waals surface area contributed by atoms with Gasteiger partial charge in [0.1, 0.15) is 0 Å². The lowest BCUT2D eigenvalue weighted by molar-refractivity contribution is -0.117. The van der Waals surface area contributed by atoms with Crippen LogP contribution in [0.4, 0.5) is 5.69 Å². The number of hydrogen-bond donors (Lipinski definition) is 1. The molecule has 0 radical (unpaired) electrons. The molecule has 118 valence electrons. The molecule has 22 heavy (non-hydrogen) atoms. The Hall–Kier alpha value is -1.72. The molecule has 5 heteroatoms. The van der Waals surface area contributed by atoms with Crippen LogP contribution < -0.4 is 5.32 Å². The number of nitrogens with zero attached hydrogens (tertiary/aromatic N) is 2. The van der Waals surface area contributed by atoms with Gasteiger partial charge >= 0.3 is 0 Å². The van der Waals surface area contributed by atoms with Gasteiger partial charge in [-0.05, 0) is 32.0 Å². The number of hydrogen-bond acceptors (Lipinski definition) is 4. The van der Waals surface area contributed by atoms with Crippen molar-refractivity contribution in [3.05, 3.63) is 29.8 Å². The zero-order valence-corrected chi connectivity index (χ0v) is 13.0. The van der Waals surface area contributed by atoms with Crippen LogP contribution in [-0.2, 0) is 4.79 Å². The van der Waals surface area contributed by atoms with E-state index in [2.05, 4.69) is 22.2 Å². The van der Waals surface area contributed by atoms with Crippen molar-refractivity contribution in [1.29, 1.82) is 0 Å². The smallest absolute Gasteiger partial charge is 0.227 e. The maximum absolute atomic E-state index is 12.4. The third-order valence-corrected chi connectivity index (χ3v) is 4.36. The van der Waals surface area contributed by atoms with E-state index in [1.165, 1.54) is 0 Å². The average Bonchev–Trinajstić information content (AvgIpc) is 3.34. The lowest BCUT2D eigenvalue weighted by Gasteiger charge is -2.31. The summed E-state index contributed by atoms with van der Waals surface area (Å²) in [6.45, 7) is 4.32. The van der Waals surface area contributed by atoms with Gasteiger partial charge in [-0.1, -0.05) is 12.1 Å². The molecule has 0 aromatic heterocycles. The second-order valence-electron chi connectivity index (χ2n) is 6.35. The Morgan fingerprint density at radius 2 is 1.91 bits per heavy atom. The van der Waals surface area contributed by atoms with Crippen molar-refractivity contribution in [2.45, 2.75) is 12.8 Å². The van der Waals surface area contributed by atoms with Crippen molar-refractivity contribution in [3.8, 4) is 0 Å². The number of ketones is 1. The largest absolute Gasteiger partial charge is 0.326 e. The molecule has 1 aliphatic heterocycles. The van der Waals surface area contributed by atoms with Crippen LogP contribution in [0.25, 0.3) is 0 Å². The number of nitrogens with one attached hydrogen (secondary N) is 1. The van der Waals surface area contributed by atoms with Gasteiger partial charge in [-0.15, -0.1) is 0 Å². The number of Topliss-reactive ketones (excluding diaryl/α,β-unsaturated/α-hetero) is 1. The molecule has 1 amide bonds. The first kappa shape index (κ1) is 15.2. The summed E-state index contributed by atoms with van der Waals surface area (Å²) in [5.74, 6) is 0.362. The quantitative estimate of drug-likeness (QED) is 0.837. The summed E-state index contributed by atoms with van der Waals surface area (Å²) in [4.78, 5) is 28.7. The molecule has 1 aromatic rings. The topological polar surface area (TPSA) is 52.6 Å². The van der Waals surface area contributed by atoms with Crippen molar-refractivity contribution in [1.82, 2.24) is 9.80 Å². The maximum atomic E-state index is 12.4. The van der Waals surface area contributed by atoms with Gasteiger partial charge in [0.15, 0.2) is 5.78 Å². The summed E-state index contributed by atoms with van der Waals surface area (Å²) in [5.41, 5.74) is 1.40. The monoisotopic (exact) mass is 301 g/mol. The molecule has 0 bridgehead atoms. The SMILES string of the molecule is CN1CCN(CC(=O)c2cccc(NC(=O)C3CC3)c2)CC1. The molecule has 3 rings (SSSR count). The molecule has 2 fully saturated rings. The van der Waals surface area contributed by atoms with E-state index in [4.69, 9.17) is 0 Å². The lowest BCUT2D eigenvalue weighted by atomic mass is 10.1. The Labute approximate surface area is 131 Å². The number of amides is 1. The maximum Gasteiger partial charge on any atom is 0.227 e. The van der Waals surface area contributed by atoms with E-state index in [1.54, 1.807) is 6.07 Å². The number of likely N-dealkylation sites (N-methyl/N-ethyl adjacent to an activating group) is 1. The van der Waals surface area contributed by atoms with E-state index >= 15 is 0 Å². The van der Waals surface area contributed by atoms with E-state index in [9.17, 15) is 9.59 Å². The van der Waals surface area contributed by atoms with Gasteiger partial charge in [0, 0.05) is 43.3 Å². The zero-order valence-electron chi connectivity index (χ0n) is 13.0. The molecular formula is C17H23N3O2. The predicted molar refractivity (Wildman–Crippen MR) is 86.1 cm³/mol. The van der Waals surface area contributed by atoms with Crippen LogP contribution in [0.5, 0.6) is 0 Å². The Morgan fingerprint density at radius 3 is 2.59 bits per heavy atom. The Bertz CT molecular complexity index is 561. The van der Waals surface area contributed by atoms with Crippen LogP contribution >= 0.6 is 0 Å². The number of carbonyl (C=O) groups excluding carboxylic acids is 2. The number of anilines is 1.